The zero-order valence-electron chi connectivity index (χ0n) is 19.0. The molecule has 32 heavy (non-hydrogen) atoms. The second kappa shape index (κ2) is 9.17. The normalized spacial score (nSPS) is 22.1. The molecule has 4 amide bonds. The van der Waals surface area contributed by atoms with Crippen molar-refractivity contribution in [3.05, 3.63) is 35.6 Å². The maximum atomic E-state index is 13.3. The minimum atomic E-state index is -0.764. The number of hydrogen-bond donors (Lipinski definition) is 1. The molecule has 4 rings (SSSR count). The lowest BCUT2D eigenvalue weighted by Gasteiger charge is -2.39. The van der Waals surface area contributed by atoms with E-state index in [-0.39, 0.29) is 36.1 Å². The number of imide groups is 1. The summed E-state index contributed by atoms with van der Waals surface area (Å²) in [6, 6.07) is 5.50. The second-order valence-electron chi connectivity index (χ2n) is 9.80. The number of nitrogens with one attached hydrogen (secondary N) is 1. The van der Waals surface area contributed by atoms with Crippen molar-refractivity contribution in [2.45, 2.75) is 57.5 Å². The summed E-state index contributed by atoms with van der Waals surface area (Å²) in [4.78, 5) is 44.3. The van der Waals surface area contributed by atoms with Crippen LogP contribution in [0.2, 0.25) is 0 Å². The zero-order chi connectivity index (χ0) is 22.9. The molecule has 0 unspecified atom stereocenters. The van der Waals surface area contributed by atoms with E-state index in [1.165, 1.54) is 17.0 Å². The Morgan fingerprint density at radius 2 is 1.72 bits per heavy atom. The van der Waals surface area contributed by atoms with E-state index < -0.39 is 5.54 Å². The van der Waals surface area contributed by atoms with Gasteiger partial charge in [-0.3, -0.25) is 14.5 Å². The van der Waals surface area contributed by atoms with E-state index in [0.717, 1.165) is 25.2 Å². The average Bonchev–Trinajstić information content (AvgIpc) is 3.00. The highest BCUT2D eigenvalue weighted by molar-refractivity contribution is 6.07. The smallest absolute Gasteiger partial charge is 0.325 e. The molecule has 7 nitrogen and oxygen atoms in total. The molecule has 0 saturated carbocycles. The molecule has 1 aromatic carbocycles. The summed E-state index contributed by atoms with van der Waals surface area (Å²) >= 11 is 0. The van der Waals surface area contributed by atoms with Crippen molar-refractivity contribution in [3.63, 3.8) is 0 Å². The first-order chi connectivity index (χ1) is 15.3. The van der Waals surface area contributed by atoms with Gasteiger partial charge in [0.25, 0.3) is 5.91 Å². The molecule has 8 heteroatoms. The van der Waals surface area contributed by atoms with E-state index in [1.54, 1.807) is 17.0 Å². The Morgan fingerprint density at radius 1 is 1.09 bits per heavy atom. The van der Waals surface area contributed by atoms with Crippen LogP contribution in [-0.4, -0.2) is 76.8 Å². The molecule has 3 aliphatic rings. The van der Waals surface area contributed by atoms with Crippen LogP contribution in [0, 0.1) is 11.7 Å². The number of hydrogen-bond acceptors (Lipinski definition) is 4. The summed E-state index contributed by atoms with van der Waals surface area (Å²) in [7, 11) is 0. The van der Waals surface area contributed by atoms with Crippen LogP contribution in [0.25, 0.3) is 0 Å². The number of piperidine rings is 2. The molecule has 3 heterocycles. The minimum Gasteiger partial charge on any atom is -0.342 e. The van der Waals surface area contributed by atoms with Gasteiger partial charge in [-0.2, -0.15) is 0 Å². The van der Waals surface area contributed by atoms with Crippen molar-refractivity contribution in [2.24, 2.45) is 5.92 Å². The summed E-state index contributed by atoms with van der Waals surface area (Å²) in [5.74, 6) is 0.147. The Morgan fingerprint density at radius 3 is 2.31 bits per heavy atom. The minimum absolute atomic E-state index is 0.0127. The third-order valence-electron chi connectivity index (χ3n) is 6.98. The van der Waals surface area contributed by atoms with Gasteiger partial charge in [0.15, 0.2) is 0 Å². The van der Waals surface area contributed by atoms with Crippen LogP contribution < -0.4 is 5.32 Å². The van der Waals surface area contributed by atoms with Crippen LogP contribution in [0.4, 0.5) is 9.18 Å². The Kier molecular flexibility index (Phi) is 6.51. The lowest BCUT2D eigenvalue weighted by Crippen LogP contribution is -2.56. The topological polar surface area (TPSA) is 73.0 Å². The van der Waals surface area contributed by atoms with Crippen molar-refractivity contribution in [1.82, 2.24) is 20.0 Å². The number of halogens is 1. The van der Waals surface area contributed by atoms with Gasteiger partial charge in [0, 0.05) is 38.8 Å². The third-order valence-corrected chi connectivity index (χ3v) is 6.98. The van der Waals surface area contributed by atoms with E-state index in [1.807, 2.05) is 0 Å². The quantitative estimate of drug-likeness (QED) is 0.708. The molecule has 1 spiro atoms. The number of benzene rings is 1. The fourth-order valence-corrected chi connectivity index (χ4v) is 5.21. The molecule has 3 aliphatic heterocycles. The summed E-state index contributed by atoms with van der Waals surface area (Å²) in [6.45, 7) is 8.03. The van der Waals surface area contributed by atoms with Gasteiger partial charge >= 0.3 is 6.03 Å². The fraction of sp³-hybridized carbons (Fsp3) is 0.625. The van der Waals surface area contributed by atoms with E-state index in [0.29, 0.717) is 44.7 Å². The molecular formula is C24H33FN4O3. The molecule has 1 N–H and O–H groups in total. The third kappa shape index (κ3) is 4.65. The fourth-order valence-electron chi connectivity index (χ4n) is 5.21. The van der Waals surface area contributed by atoms with Gasteiger partial charge in [-0.1, -0.05) is 26.0 Å². The molecule has 3 fully saturated rings. The number of carbonyl (C=O) groups is 3. The SMILES string of the molecule is CC(C)CN1CCC2(CC1)NC(=O)N(C1CCN(C(=O)Cc3ccc(F)cc3)CC1)C2=O. The highest BCUT2D eigenvalue weighted by Crippen LogP contribution is 2.33. The van der Waals surface area contributed by atoms with Crippen LogP contribution in [0.3, 0.4) is 0 Å². The largest absolute Gasteiger partial charge is 0.342 e. The molecule has 1 aromatic rings. The maximum Gasteiger partial charge on any atom is 0.325 e. The molecule has 174 valence electrons. The predicted molar refractivity (Wildman–Crippen MR) is 118 cm³/mol. The predicted octanol–water partition coefficient (Wildman–Crippen LogP) is 2.40. The van der Waals surface area contributed by atoms with Crippen molar-refractivity contribution in [1.29, 1.82) is 0 Å². The Hall–Kier alpha value is -2.48. The first kappa shape index (κ1) is 22.7. The first-order valence-electron chi connectivity index (χ1n) is 11.7. The zero-order valence-corrected chi connectivity index (χ0v) is 19.0. The van der Waals surface area contributed by atoms with Gasteiger partial charge in [-0.15, -0.1) is 0 Å². The molecular weight excluding hydrogens is 411 g/mol. The number of nitrogens with zero attached hydrogens (tertiary/aromatic N) is 3. The van der Waals surface area contributed by atoms with Crippen LogP contribution >= 0.6 is 0 Å². The number of likely N-dealkylation sites (tertiary alicyclic amines) is 2. The van der Waals surface area contributed by atoms with E-state index in [4.69, 9.17) is 0 Å². The number of urea groups is 1. The monoisotopic (exact) mass is 444 g/mol. The summed E-state index contributed by atoms with van der Waals surface area (Å²) < 4.78 is 13.1. The van der Waals surface area contributed by atoms with Gasteiger partial charge in [0.2, 0.25) is 5.91 Å². The number of carbonyl (C=O) groups excluding carboxylic acids is 3. The Balaban J connectivity index is 1.31. The van der Waals surface area contributed by atoms with Crippen molar-refractivity contribution in [3.8, 4) is 0 Å². The summed E-state index contributed by atoms with van der Waals surface area (Å²) in [5.41, 5.74) is 0.0125. The van der Waals surface area contributed by atoms with E-state index >= 15 is 0 Å². The maximum absolute atomic E-state index is 13.3. The number of rotatable bonds is 5. The van der Waals surface area contributed by atoms with E-state index in [9.17, 15) is 18.8 Å². The van der Waals surface area contributed by atoms with Gasteiger partial charge < -0.3 is 15.1 Å². The molecule has 0 aliphatic carbocycles. The van der Waals surface area contributed by atoms with Gasteiger partial charge in [0.05, 0.1) is 6.42 Å². The van der Waals surface area contributed by atoms with E-state index in [2.05, 4.69) is 24.1 Å². The summed E-state index contributed by atoms with van der Waals surface area (Å²) in [5, 5.41) is 3.01. The van der Waals surface area contributed by atoms with Crippen molar-refractivity contribution in [2.75, 3.05) is 32.7 Å². The van der Waals surface area contributed by atoms with Gasteiger partial charge in [0.1, 0.15) is 11.4 Å². The lowest BCUT2D eigenvalue weighted by molar-refractivity contribution is -0.136. The lowest BCUT2D eigenvalue weighted by atomic mass is 9.86. The Bertz CT molecular complexity index is 857. The molecule has 0 bridgehead atoms. The summed E-state index contributed by atoms with van der Waals surface area (Å²) in [6.07, 6.45) is 2.70. The average molecular weight is 445 g/mol. The first-order valence-corrected chi connectivity index (χ1v) is 11.7. The van der Waals surface area contributed by atoms with Crippen LogP contribution in [0.15, 0.2) is 24.3 Å². The van der Waals surface area contributed by atoms with Gasteiger partial charge in [-0.25, -0.2) is 9.18 Å². The molecule has 0 atom stereocenters. The molecule has 0 radical (unpaired) electrons. The standard InChI is InChI=1S/C24H33FN4O3/c1-17(2)16-27-13-9-24(10-14-27)22(31)29(23(32)26-24)20-7-11-28(12-8-20)21(30)15-18-3-5-19(25)6-4-18/h3-6,17,20H,7-16H2,1-2H3,(H,26,32). The Labute approximate surface area is 188 Å². The number of amides is 4. The van der Waals surface area contributed by atoms with Crippen molar-refractivity contribution < 1.29 is 18.8 Å². The molecule has 3 saturated heterocycles. The highest BCUT2D eigenvalue weighted by atomic mass is 19.1. The second-order valence-corrected chi connectivity index (χ2v) is 9.80. The highest BCUT2D eigenvalue weighted by Gasteiger charge is 2.54. The van der Waals surface area contributed by atoms with Crippen molar-refractivity contribution >= 4 is 17.8 Å². The van der Waals surface area contributed by atoms with Gasteiger partial charge in [-0.05, 0) is 49.3 Å². The molecule has 0 aromatic heterocycles. The van der Waals surface area contributed by atoms with Crippen LogP contribution in [0.5, 0.6) is 0 Å². The van der Waals surface area contributed by atoms with Crippen LogP contribution in [-0.2, 0) is 16.0 Å². The van der Waals surface area contributed by atoms with Crippen LogP contribution in [0.1, 0.15) is 45.1 Å².